The van der Waals surface area contributed by atoms with Crippen molar-refractivity contribution in [1.29, 1.82) is 0 Å². The summed E-state index contributed by atoms with van der Waals surface area (Å²) in [6.45, 7) is 4.26. The van der Waals surface area contributed by atoms with Crippen molar-refractivity contribution < 1.29 is 4.74 Å². The van der Waals surface area contributed by atoms with Gasteiger partial charge in [0, 0.05) is 23.2 Å². The van der Waals surface area contributed by atoms with Crippen LogP contribution in [0.4, 0.5) is 5.69 Å². The molecule has 2 rings (SSSR count). The second kappa shape index (κ2) is 6.44. The minimum atomic E-state index is 0.608. The first-order chi connectivity index (χ1) is 8.79. The minimum absolute atomic E-state index is 0.608. The molecule has 0 saturated carbocycles. The Kier molecular flexibility index (Phi) is 4.64. The molecule has 1 aromatic heterocycles. The maximum absolute atomic E-state index is 5.59. The third kappa shape index (κ3) is 3.50. The molecule has 0 saturated heterocycles. The van der Waals surface area contributed by atoms with Crippen LogP contribution in [0.25, 0.3) is 0 Å². The highest BCUT2D eigenvalue weighted by Crippen LogP contribution is 2.20. The number of rotatable bonds is 6. The molecule has 0 atom stereocenters. The molecule has 0 unspecified atom stereocenters. The molecule has 5 heteroatoms. The molecule has 0 spiro atoms. The Morgan fingerprint density at radius 3 is 2.94 bits per heavy atom. The number of para-hydroxylation sites is 1. The minimum Gasteiger partial charge on any atom is -0.488 e. The van der Waals surface area contributed by atoms with Gasteiger partial charge in [-0.3, -0.25) is 4.68 Å². The predicted octanol–water partition coefficient (Wildman–Crippen LogP) is 3.16. The van der Waals surface area contributed by atoms with E-state index in [-0.39, 0.29) is 0 Å². The van der Waals surface area contributed by atoms with Gasteiger partial charge in [0.2, 0.25) is 0 Å². The fraction of sp³-hybridized carbons (Fsp3) is 0.308. The van der Waals surface area contributed by atoms with Crippen LogP contribution in [0.2, 0.25) is 0 Å². The average molecular weight is 310 g/mol. The van der Waals surface area contributed by atoms with E-state index in [2.05, 4.69) is 26.3 Å². The van der Waals surface area contributed by atoms with Crippen molar-refractivity contribution in [3.63, 3.8) is 0 Å². The van der Waals surface area contributed by atoms with Crippen molar-refractivity contribution in [2.75, 3.05) is 18.5 Å². The van der Waals surface area contributed by atoms with Gasteiger partial charge in [-0.25, -0.2) is 0 Å². The lowest BCUT2D eigenvalue weighted by Crippen LogP contribution is -2.11. The largest absolute Gasteiger partial charge is 0.488 e. The highest BCUT2D eigenvalue weighted by Gasteiger charge is 1.99. The normalized spacial score (nSPS) is 10.3. The number of nitrogens with one attached hydrogen (secondary N) is 1. The van der Waals surface area contributed by atoms with Gasteiger partial charge in [0.1, 0.15) is 6.61 Å². The van der Waals surface area contributed by atoms with E-state index in [9.17, 15) is 0 Å². The molecule has 0 radical (unpaired) electrons. The fourth-order valence-electron chi connectivity index (χ4n) is 1.55. The van der Waals surface area contributed by atoms with E-state index in [4.69, 9.17) is 4.74 Å². The second-order valence-electron chi connectivity index (χ2n) is 3.79. The summed E-state index contributed by atoms with van der Waals surface area (Å²) in [4.78, 5) is 0. The first kappa shape index (κ1) is 13.0. The van der Waals surface area contributed by atoms with Crippen LogP contribution in [-0.4, -0.2) is 22.9 Å². The summed E-state index contributed by atoms with van der Waals surface area (Å²) in [5.74, 6) is 0.811. The Balaban J connectivity index is 1.74. The van der Waals surface area contributed by atoms with Gasteiger partial charge >= 0.3 is 0 Å². The smallest absolute Gasteiger partial charge is 0.157 e. The lowest BCUT2D eigenvalue weighted by molar-refractivity contribution is 0.332. The molecule has 0 aliphatic heterocycles. The second-order valence-corrected chi connectivity index (χ2v) is 4.64. The molecule has 18 heavy (non-hydrogen) atoms. The summed E-state index contributed by atoms with van der Waals surface area (Å²) in [5.41, 5.74) is 1.07. The zero-order chi connectivity index (χ0) is 12.8. The molecule has 0 bridgehead atoms. The first-order valence-electron chi connectivity index (χ1n) is 5.93. The third-order valence-electron chi connectivity index (χ3n) is 2.49. The SMILES string of the molecule is CCn1cc(OCCNc2ccccc2Br)cn1. The zero-order valence-corrected chi connectivity index (χ0v) is 11.9. The molecule has 4 nitrogen and oxygen atoms in total. The molecular weight excluding hydrogens is 294 g/mol. The van der Waals surface area contributed by atoms with Gasteiger partial charge in [-0.1, -0.05) is 12.1 Å². The lowest BCUT2D eigenvalue weighted by atomic mass is 10.3. The van der Waals surface area contributed by atoms with Gasteiger partial charge in [0.25, 0.3) is 0 Å². The van der Waals surface area contributed by atoms with Crippen molar-refractivity contribution in [2.45, 2.75) is 13.5 Å². The molecule has 1 heterocycles. The van der Waals surface area contributed by atoms with E-state index in [1.54, 1.807) is 6.20 Å². The quantitative estimate of drug-likeness (QED) is 0.833. The van der Waals surface area contributed by atoms with Crippen molar-refractivity contribution >= 4 is 21.6 Å². The van der Waals surface area contributed by atoms with Crippen LogP contribution in [0.15, 0.2) is 41.1 Å². The highest BCUT2D eigenvalue weighted by molar-refractivity contribution is 9.10. The van der Waals surface area contributed by atoms with Crippen LogP contribution in [0.3, 0.4) is 0 Å². The van der Waals surface area contributed by atoms with Crippen LogP contribution >= 0.6 is 15.9 Å². The van der Waals surface area contributed by atoms with E-state index in [1.807, 2.05) is 42.1 Å². The molecular formula is C13H16BrN3O. The van der Waals surface area contributed by atoms with Crippen molar-refractivity contribution in [1.82, 2.24) is 9.78 Å². The van der Waals surface area contributed by atoms with E-state index in [0.29, 0.717) is 6.61 Å². The first-order valence-corrected chi connectivity index (χ1v) is 6.72. The van der Waals surface area contributed by atoms with Crippen LogP contribution in [0.5, 0.6) is 5.75 Å². The Morgan fingerprint density at radius 1 is 1.39 bits per heavy atom. The van der Waals surface area contributed by atoms with Gasteiger partial charge < -0.3 is 10.1 Å². The van der Waals surface area contributed by atoms with E-state index in [0.717, 1.165) is 29.0 Å². The van der Waals surface area contributed by atoms with Crippen molar-refractivity contribution in [3.8, 4) is 5.75 Å². The number of ether oxygens (including phenoxy) is 1. The van der Waals surface area contributed by atoms with E-state index >= 15 is 0 Å². The number of aryl methyl sites for hydroxylation is 1. The van der Waals surface area contributed by atoms with Gasteiger partial charge in [-0.05, 0) is 35.0 Å². The predicted molar refractivity (Wildman–Crippen MR) is 76.0 cm³/mol. The highest BCUT2D eigenvalue weighted by atomic mass is 79.9. The molecule has 0 fully saturated rings. The Hall–Kier alpha value is -1.49. The number of benzene rings is 1. The molecule has 0 amide bonds. The summed E-state index contributed by atoms with van der Waals surface area (Å²) in [5, 5.41) is 7.45. The van der Waals surface area contributed by atoms with Gasteiger partial charge in [-0.2, -0.15) is 5.10 Å². The summed E-state index contributed by atoms with van der Waals surface area (Å²) < 4.78 is 8.49. The third-order valence-corrected chi connectivity index (χ3v) is 3.19. The zero-order valence-electron chi connectivity index (χ0n) is 10.3. The van der Waals surface area contributed by atoms with Crippen molar-refractivity contribution in [2.24, 2.45) is 0 Å². The van der Waals surface area contributed by atoms with Crippen molar-refractivity contribution in [3.05, 3.63) is 41.1 Å². The maximum Gasteiger partial charge on any atom is 0.157 e. The Bertz CT molecular complexity index is 498. The van der Waals surface area contributed by atoms with Gasteiger partial charge in [-0.15, -0.1) is 0 Å². The summed E-state index contributed by atoms with van der Waals surface area (Å²) >= 11 is 3.49. The standard InChI is InChI=1S/C13H16BrN3O/c1-2-17-10-11(9-16-17)18-8-7-15-13-6-4-3-5-12(13)14/h3-6,9-10,15H,2,7-8H2,1H3. The number of hydrogen-bond acceptors (Lipinski definition) is 3. The number of anilines is 1. The van der Waals surface area contributed by atoms with Crippen LogP contribution < -0.4 is 10.1 Å². The number of nitrogens with zero attached hydrogens (tertiary/aromatic N) is 2. The molecule has 2 aromatic rings. The Labute approximate surface area is 115 Å². The van der Waals surface area contributed by atoms with Crippen LogP contribution in [0.1, 0.15) is 6.92 Å². The number of halogens is 1. The van der Waals surface area contributed by atoms with E-state index in [1.165, 1.54) is 0 Å². The Morgan fingerprint density at radius 2 is 2.22 bits per heavy atom. The summed E-state index contributed by atoms with van der Waals surface area (Å²) in [6.07, 6.45) is 3.64. The van der Waals surface area contributed by atoms with Gasteiger partial charge in [0.15, 0.2) is 5.75 Å². The lowest BCUT2D eigenvalue weighted by Gasteiger charge is -2.08. The topological polar surface area (TPSA) is 39.1 Å². The van der Waals surface area contributed by atoms with Crippen LogP contribution in [-0.2, 0) is 6.54 Å². The monoisotopic (exact) mass is 309 g/mol. The number of aromatic nitrogens is 2. The molecule has 0 aliphatic carbocycles. The molecule has 1 N–H and O–H groups in total. The summed E-state index contributed by atoms with van der Waals surface area (Å²) in [7, 11) is 0. The summed E-state index contributed by atoms with van der Waals surface area (Å²) in [6, 6.07) is 8.03. The van der Waals surface area contributed by atoms with E-state index < -0.39 is 0 Å². The maximum atomic E-state index is 5.59. The molecule has 96 valence electrons. The molecule has 1 aromatic carbocycles. The molecule has 0 aliphatic rings. The van der Waals surface area contributed by atoms with Gasteiger partial charge in [0.05, 0.1) is 12.4 Å². The fourth-order valence-corrected chi connectivity index (χ4v) is 1.98. The average Bonchev–Trinajstić information content (AvgIpc) is 2.84. The van der Waals surface area contributed by atoms with Crippen LogP contribution in [0, 0.1) is 0 Å². The number of hydrogen-bond donors (Lipinski definition) is 1.